The lowest BCUT2D eigenvalue weighted by atomic mass is 10.0. The maximum Gasteiger partial charge on any atom is 0.318 e. The van der Waals surface area contributed by atoms with E-state index in [0.717, 1.165) is 43.7 Å². The molecule has 0 unspecified atom stereocenters. The SMILES string of the molecule is Nc1nc2c(c(-c3c(Cl)cc(Cl)cc3OCCN3CCCC3)n1)CN(C(=O)NC1CC1)C2. The number of anilines is 1. The van der Waals surface area contributed by atoms with Gasteiger partial charge in [-0.05, 0) is 50.9 Å². The second-order valence-corrected chi connectivity index (χ2v) is 9.44. The van der Waals surface area contributed by atoms with Crippen molar-refractivity contribution < 1.29 is 9.53 Å². The van der Waals surface area contributed by atoms with E-state index in [-0.39, 0.29) is 18.0 Å². The van der Waals surface area contributed by atoms with Crippen LogP contribution in [-0.4, -0.2) is 58.1 Å². The Bertz CT molecular complexity index is 1040. The Balaban J connectivity index is 1.44. The van der Waals surface area contributed by atoms with E-state index in [2.05, 4.69) is 20.2 Å². The zero-order valence-electron chi connectivity index (χ0n) is 17.7. The second-order valence-electron chi connectivity index (χ2n) is 8.59. The van der Waals surface area contributed by atoms with E-state index in [9.17, 15) is 4.79 Å². The predicted octanol–water partition coefficient (Wildman–Crippen LogP) is 3.69. The number of hydrogen-bond donors (Lipinski definition) is 2. The molecular weight excluding hydrogens is 451 g/mol. The summed E-state index contributed by atoms with van der Waals surface area (Å²) in [5.74, 6) is 0.695. The van der Waals surface area contributed by atoms with Gasteiger partial charge in [-0.1, -0.05) is 23.2 Å². The predicted molar refractivity (Wildman–Crippen MR) is 124 cm³/mol. The minimum atomic E-state index is -0.0979. The molecule has 1 aromatic carbocycles. The summed E-state index contributed by atoms with van der Waals surface area (Å²) in [6.07, 6.45) is 4.52. The molecule has 5 rings (SSSR count). The van der Waals surface area contributed by atoms with Crippen LogP contribution in [0.25, 0.3) is 11.3 Å². The van der Waals surface area contributed by atoms with Gasteiger partial charge < -0.3 is 20.7 Å². The van der Waals surface area contributed by atoms with Gasteiger partial charge in [-0.3, -0.25) is 4.90 Å². The second kappa shape index (κ2) is 8.92. The lowest BCUT2D eigenvalue weighted by molar-refractivity contribution is 0.197. The number of benzene rings is 1. The Morgan fingerprint density at radius 2 is 1.97 bits per heavy atom. The summed E-state index contributed by atoms with van der Waals surface area (Å²) >= 11 is 12.9. The van der Waals surface area contributed by atoms with Crippen LogP contribution in [-0.2, 0) is 13.1 Å². The number of carbonyl (C=O) groups excluding carboxylic acids is 1. The van der Waals surface area contributed by atoms with Gasteiger partial charge in [0.2, 0.25) is 5.95 Å². The van der Waals surface area contributed by atoms with Crippen molar-refractivity contribution in [3.05, 3.63) is 33.4 Å². The minimum Gasteiger partial charge on any atom is -0.491 e. The van der Waals surface area contributed by atoms with Crippen molar-refractivity contribution >= 4 is 35.2 Å². The Hall–Kier alpha value is -2.29. The lowest BCUT2D eigenvalue weighted by Crippen LogP contribution is -2.37. The van der Waals surface area contributed by atoms with Crippen LogP contribution < -0.4 is 15.8 Å². The largest absolute Gasteiger partial charge is 0.491 e. The molecular formula is C22H26Cl2N6O2. The third kappa shape index (κ3) is 4.58. The van der Waals surface area contributed by atoms with E-state index in [1.165, 1.54) is 12.8 Å². The van der Waals surface area contributed by atoms with Gasteiger partial charge in [0.25, 0.3) is 0 Å². The molecule has 1 saturated heterocycles. The first-order valence-corrected chi connectivity index (χ1v) is 11.8. The Morgan fingerprint density at radius 3 is 2.72 bits per heavy atom. The number of nitrogens with one attached hydrogen (secondary N) is 1. The number of urea groups is 1. The van der Waals surface area contributed by atoms with Crippen LogP contribution >= 0.6 is 23.2 Å². The number of halogens is 2. The summed E-state index contributed by atoms with van der Waals surface area (Å²) in [7, 11) is 0. The summed E-state index contributed by atoms with van der Waals surface area (Å²) < 4.78 is 6.15. The number of hydrogen-bond acceptors (Lipinski definition) is 6. The van der Waals surface area contributed by atoms with Gasteiger partial charge in [-0.15, -0.1) is 0 Å². The van der Waals surface area contributed by atoms with Crippen molar-refractivity contribution in [2.45, 2.75) is 44.8 Å². The summed E-state index contributed by atoms with van der Waals surface area (Å²) in [4.78, 5) is 25.6. The number of likely N-dealkylation sites (tertiary alicyclic amines) is 1. The number of amides is 2. The molecule has 32 heavy (non-hydrogen) atoms. The minimum absolute atomic E-state index is 0.0979. The van der Waals surface area contributed by atoms with Gasteiger partial charge in [0.15, 0.2) is 0 Å². The molecule has 0 spiro atoms. The van der Waals surface area contributed by atoms with Crippen molar-refractivity contribution in [2.24, 2.45) is 0 Å². The zero-order chi connectivity index (χ0) is 22.2. The molecule has 2 fully saturated rings. The highest BCUT2D eigenvalue weighted by molar-refractivity contribution is 6.37. The Kier molecular flexibility index (Phi) is 6.01. The van der Waals surface area contributed by atoms with Gasteiger partial charge in [-0.2, -0.15) is 0 Å². The van der Waals surface area contributed by atoms with E-state index in [0.29, 0.717) is 46.7 Å². The number of rotatable bonds is 6. The number of fused-ring (bicyclic) bond motifs is 1. The smallest absolute Gasteiger partial charge is 0.318 e. The van der Waals surface area contributed by atoms with Crippen LogP contribution in [0, 0.1) is 0 Å². The van der Waals surface area contributed by atoms with Crippen molar-refractivity contribution in [1.29, 1.82) is 0 Å². The van der Waals surface area contributed by atoms with Gasteiger partial charge in [0.05, 0.1) is 35.1 Å². The monoisotopic (exact) mass is 476 g/mol. The highest BCUT2D eigenvalue weighted by Gasteiger charge is 2.33. The molecule has 3 heterocycles. The molecule has 0 atom stereocenters. The molecule has 2 amide bonds. The standard InChI is InChI=1S/C22H26Cl2N6O2/c23-13-9-16(24)19(18(10-13)32-8-7-29-5-1-2-6-29)20-15-11-30(22(31)26-14-3-4-14)12-17(15)27-21(25)28-20/h9-10,14H,1-8,11-12H2,(H,26,31)(H2,25,27,28). The third-order valence-electron chi connectivity index (χ3n) is 6.11. The maximum absolute atomic E-state index is 12.6. The molecule has 170 valence electrons. The van der Waals surface area contributed by atoms with Crippen LogP contribution in [0.4, 0.5) is 10.7 Å². The molecule has 10 heteroatoms. The fourth-order valence-electron chi connectivity index (χ4n) is 4.30. The van der Waals surface area contributed by atoms with Crippen molar-refractivity contribution in [3.8, 4) is 17.0 Å². The van der Waals surface area contributed by atoms with Crippen LogP contribution in [0.2, 0.25) is 10.0 Å². The van der Waals surface area contributed by atoms with Gasteiger partial charge in [-0.25, -0.2) is 14.8 Å². The molecule has 0 radical (unpaired) electrons. The molecule has 1 aromatic heterocycles. The number of nitrogens with two attached hydrogens (primary N) is 1. The average Bonchev–Trinajstić information content (AvgIpc) is 3.22. The van der Waals surface area contributed by atoms with E-state index < -0.39 is 0 Å². The first-order valence-electron chi connectivity index (χ1n) is 11.0. The van der Waals surface area contributed by atoms with Crippen molar-refractivity contribution in [2.75, 3.05) is 32.0 Å². The van der Waals surface area contributed by atoms with Gasteiger partial charge >= 0.3 is 6.03 Å². The fraction of sp³-hybridized carbons (Fsp3) is 0.500. The number of carbonyl (C=O) groups is 1. The van der Waals surface area contributed by atoms with Crippen LogP contribution in [0.1, 0.15) is 36.9 Å². The Labute approximate surface area is 197 Å². The van der Waals surface area contributed by atoms with Crippen molar-refractivity contribution in [3.63, 3.8) is 0 Å². The Morgan fingerprint density at radius 1 is 1.19 bits per heavy atom. The topological polar surface area (TPSA) is 96.6 Å². The maximum atomic E-state index is 12.6. The lowest BCUT2D eigenvalue weighted by Gasteiger charge is -2.19. The summed E-state index contributed by atoms with van der Waals surface area (Å²) in [5, 5.41) is 3.94. The third-order valence-corrected chi connectivity index (χ3v) is 6.63. The molecule has 1 aliphatic carbocycles. The summed E-state index contributed by atoms with van der Waals surface area (Å²) in [6, 6.07) is 3.61. The van der Waals surface area contributed by atoms with E-state index in [1.807, 2.05) is 0 Å². The van der Waals surface area contributed by atoms with Gasteiger partial charge in [0, 0.05) is 23.2 Å². The fourth-order valence-corrected chi connectivity index (χ4v) is 4.87. The highest BCUT2D eigenvalue weighted by Crippen LogP contribution is 2.42. The van der Waals surface area contributed by atoms with E-state index in [4.69, 9.17) is 33.7 Å². The first-order chi connectivity index (χ1) is 15.5. The molecule has 3 N–H and O–H groups in total. The number of nitrogen functional groups attached to an aromatic ring is 1. The summed E-state index contributed by atoms with van der Waals surface area (Å²) in [5.41, 5.74) is 8.82. The quantitative estimate of drug-likeness (QED) is 0.659. The van der Waals surface area contributed by atoms with E-state index in [1.54, 1.807) is 17.0 Å². The normalized spacial score (nSPS) is 18.1. The zero-order valence-corrected chi connectivity index (χ0v) is 19.3. The number of aromatic nitrogens is 2. The van der Waals surface area contributed by atoms with Gasteiger partial charge in [0.1, 0.15) is 12.4 Å². The first kappa shape index (κ1) is 21.6. The number of ether oxygens (including phenoxy) is 1. The number of nitrogens with zero attached hydrogens (tertiary/aromatic N) is 4. The van der Waals surface area contributed by atoms with Crippen LogP contribution in [0.3, 0.4) is 0 Å². The summed E-state index contributed by atoms with van der Waals surface area (Å²) in [6.45, 7) is 4.31. The van der Waals surface area contributed by atoms with E-state index >= 15 is 0 Å². The van der Waals surface area contributed by atoms with Crippen LogP contribution in [0.5, 0.6) is 5.75 Å². The molecule has 0 bridgehead atoms. The average molecular weight is 477 g/mol. The molecule has 1 saturated carbocycles. The molecule has 3 aliphatic rings. The molecule has 2 aromatic rings. The highest BCUT2D eigenvalue weighted by atomic mass is 35.5. The molecule has 2 aliphatic heterocycles. The van der Waals surface area contributed by atoms with Crippen LogP contribution in [0.15, 0.2) is 12.1 Å². The molecule has 8 nitrogen and oxygen atoms in total. The van der Waals surface area contributed by atoms with Crippen molar-refractivity contribution in [1.82, 2.24) is 25.1 Å².